The number of aromatic hydroxyl groups is 1. The highest BCUT2D eigenvalue weighted by Gasteiger charge is 2.28. The van der Waals surface area contributed by atoms with Crippen molar-refractivity contribution in [3.05, 3.63) is 70.9 Å². The molecule has 32 heavy (non-hydrogen) atoms. The molecule has 6 nitrogen and oxygen atoms in total. The number of hydrogen-bond donors (Lipinski definition) is 1. The third kappa shape index (κ3) is 3.84. The lowest BCUT2D eigenvalue weighted by atomic mass is 10.0. The molecule has 3 aromatic rings. The number of ether oxygens (including phenoxy) is 1. The van der Waals surface area contributed by atoms with E-state index < -0.39 is 5.97 Å². The Morgan fingerprint density at radius 3 is 2.56 bits per heavy atom. The van der Waals surface area contributed by atoms with Crippen LogP contribution in [0.1, 0.15) is 46.4 Å². The number of phenolic OH excluding ortho intramolecular Hbond substituents is 1. The molecule has 1 aromatic heterocycles. The predicted octanol–water partition coefficient (Wildman–Crippen LogP) is 4.21. The molecule has 162 valence electrons. The number of hydrogen-bond acceptors (Lipinski definition) is 5. The summed E-state index contributed by atoms with van der Waals surface area (Å²) < 4.78 is 5.50. The molecule has 1 amide bonds. The van der Waals surface area contributed by atoms with E-state index in [1.165, 1.54) is 0 Å². The molecule has 0 radical (unpaired) electrons. The number of benzene rings is 2. The fourth-order valence-corrected chi connectivity index (χ4v) is 4.54. The molecule has 2 aromatic carbocycles. The number of nitrogens with zero attached hydrogens (tertiary/aromatic N) is 2. The Balaban J connectivity index is 1.49. The largest absolute Gasteiger partial charge is 0.508 e. The van der Waals surface area contributed by atoms with Crippen LogP contribution in [-0.4, -0.2) is 46.6 Å². The number of pyridine rings is 1. The lowest BCUT2D eigenvalue weighted by molar-refractivity contribution is -0.133. The summed E-state index contributed by atoms with van der Waals surface area (Å²) >= 11 is 0. The van der Waals surface area contributed by atoms with Crippen molar-refractivity contribution >= 4 is 34.4 Å². The summed E-state index contributed by atoms with van der Waals surface area (Å²) in [5.41, 5.74) is 4.90. The predicted molar refractivity (Wildman–Crippen MR) is 122 cm³/mol. The van der Waals surface area contributed by atoms with E-state index in [-0.39, 0.29) is 18.3 Å². The van der Waals surface area contributed by atoms with E-state index in [1.807, 2.05) is 42.5 Å². The molecule has 1 aliphatic heterocycles. The third-order valence-electron chi connectivity index (χ3n) is 6.17. The molecular formula is C26H24N2O4. The van der Waals surface area contributed by atoms with Crippen molar-refractivity contribution in [1.29, 1.82) is 0 Å². The molecule has 1 N–H and O–H groups in total. The fraction of sp³-hybridized carbons (Fsp3) is 0.269. The summed E-state index contributed by atoms with van der Waals surface area (Å²) in [5.74, 6) is -0.395. The van der Waals surface area contributed by atoms with Crippen molar-refractivity contribution in [2.45, 2.75) is 25.7 Å². The Morgan fingerprint density at radius 1 is 1.03 bits per heavy atom. The second-order valence-corrected chi connectivity index (χ2v) is 8.26. The Kier molecular flexibility index (Phi) is 5.35. The smallest absolute Gasteiger partial charge is 0.339 e. The maximum atomic E-state index is 13.2. The SMILES string of the molecule is O=C(OCC(=O)N1CCCC1)c1c2c(nc3ccccc13)/C(=C/c1ccc(O)cc1)CC2. The summed E-state index contributed by atoms with van der Waals surface area (Å²) in [4.78, 5) is 32.1. The van der Waals surface area contributed by atoms with Gasteiger partial charge in [0, 0.05) is 18.5 Å². The average molecular weight is 428 g/mol. The van der Waals surface area contributed by atoms with Crippen LogP contribution < -0.4 is 0 Å². The summed E-state index contributed by atoms with van der Waals surface area (Å²) in [5, 5.41) is 10.3. The zero-order valence-corrected chi connectivity index (χ0v) is 17.7. The van der Waals surface area contributed by atoms with Gasteiger partial charge in [0.2, 0.25) is 0 Å². The van der Waals surface area contributed by atoms with Gasteiger partial charge in [0.25, 0.3) is 5.91 Å². The van der Waals surface area contributed by atoms with Crippen LogP contribution >= 0.6 is 0 Å². The maximum Gasteiger partial charge on any atom is 0.339 e. The highest BCUT2D eigenvalue weighted by atomic mass is 16.5. The second kappa shape index (κ2) is 8.46. The lowest BCUT2D eigenvalue weighted by Gasteiger charge is -2.16. The third-order valence-corrected chi connectivity index (χ3v) is 6.17. The highest BCUT2D eigenvalue weighted by molar-refractivity contribution is 6.07. The molecule has 6 heteroatoms. The highest BCUT2D eigenvalue weighted by Crippen LogP contribution is 2.38. The molecule has 2 aliphatic rings. The fourth-order valence-electron chi connectivity index (χ4n) is 4.54. The Bertz CT molecular complexity index is 1220. The average Bonchev–Trinajstić information content (AvgIpc) is 3.48. The Hall–Kier alpha value is -3.67. The molecule has 0 bridgehead atoms. The first-order valence-corrected chi connectivity index (χ1v) is 11.0. The molecular weight excluding hydrogens is 404 g/mol. The van der Waals surface area contributed by atoms with Gasteiger partial charge in [-0.05, 0) is 66.7 Å². The van der Waals surface area contributed by atoms with E-state index >= 15 is 0 Å². The van der Waals surface area contributed by atoms with E-state index in [4.69, 9.17) is 9.72 Å². The standard InChI is InChI=1S/C26H24N2O4/c29-19-10-7-17(8-11-19)15-18-9-12-21-24(20-5-1-2-6-22(20)27-25(18)21)26(31)32-16-23(30)28-13-3-4-14-28/h1-2,5-8,10-11,15,29H,3-4,9,12-14,16H2/b18-15+. The summed E-state index contributed by atoms with van der Waals surface area (Å²) in [6, 6.07) is 14.5. The Labute approximate surface area is 186 Å². The molecule has 0 saturated carbocycles. The van der Waals surface area contributed by atoms with Gasteiger partial charge in [-0.2, -0.15) is 0 Å². The van der Waals surface area contributed by atoms with Gasteiger partial charge in [-0.25, -0.2) is 9.78 Å². The number of aromatic nitrogens is 1. The molecule has 2 heterocycles. The first-order chi connectivity index (χ1) is 15.6. The minimum atomic E-state index is -0.474. The van der Waals surface area contributed by atoms with Crippen molar-refractivity contribution in [1.82, 2.24) is 9.88 Å². The summed E-state index contributed by atoms with van der Waals surface area (Å²) in [7, 11) is 0. The van der Waals surface area contributed by atoms with Crippen molar-refractivity contribution in [3.8, 4) is 5.75 Å². The topological polar surface area (TPSA) is 79.7 Å². The van der Waals surface area contributed by atoms with Crippen LogP contribution in [0.25, 0.3) is 22.6 Å². The van der Waals surface area contributed by atoms with Gasteiger partial charge >= 0.3 is 5.97 Å². The van der Waals surface area contributed by atoms with E-state index in [9.17, 15) is 14.7 Å². The van der Waals surface area contributed by atoms with Crippen molar-refractivity contribution < 1.29 is 19.4 Å². The first-order valence-electron chi connectivity index (χ1n) is 11.0. The second-order valence-electron chi connectivity index (χ2n) is 8.26. The number of phenols is 1. The van der Waals surface area contributed by atoms with Gasteiger partial charge in [-0.15, -0.1) is 0 Å². The van der Waals surface area contributed by atoms with Crippen molar-refractivity contribution in [2.75, 3.05) is 19.7 Å². The number of esters is 1. The van der Waals surface area contributed by atoms with Gasteiger partial charge in [-0.1, -0.05) is 30.3 Å². The number of carbonyl (C=O) groups excluding carboxylic acids is 2. The molecule has 0 atom stereocenters. The zero-order valence-electron chi connectivity index (χ0n) is 17.7. The Morgan fingerprint density at radius 2 is 1.78 bits per heavy atom. The van der Waals surface area contributed by atoms with Gasteiger partial charge < -0.3 is 14.7 Å². The van der Waals surface area contributed by atoms with Crippen LogP contribution in [0.5, 0.6) is 5.75 Å². The monoisotopic (exact) mass is 428 g/mol. The number of likely N-dealkylation sites (tertiary alicyclic amines) is 1. The normalized spacial score (nSPS) is 16.5. The number of fused-ring (bicyclic) bond motifs is 2. The van der Waals surface area contributed by atoms with E-state index in [0.717, 1.165) is 65.6 Å². The summed E-state index contributed by atoms with van der Waals surface area (Å²) in [6.45, 7) is 1.23. The quantitative estimate of drug-likeness (QED) is 0.630. The molecule has 0 unspecified atom stereocenters. The molecule has 1 aliphatic carbocycles. The van der Waals surface area contributed by atoms with Gasteiger partial charge in [0.1, 0.15) is 5.75 Å². The first kappa shape index (κ1) is 20.2. The van der Waals surface area contributed by atoms with E-state index in [0.29, 0.717) is 12.0 Å². The van der Waals surface area contributed by atoms with Crippen LogP contribution in [0.4, 0.5) is 0 Å². The van der Waals surface area contributed by atoms with Crippen LogP contribution in [0.15, 0.2) is 48.5 Å². The number of para-hydroxylation sites is 1. The van der Waals surface area contributed by atoms with E-state index in [2.05, 4.69) is 0 Å². The number of carbonyl (C=O) groups is 2. The molecule has 5 rings (SSSR count). The number of rotatable bonds is 4. The number of allylic oxidation sites excluding steroid dienone is 1. The molecule has 0 spiro atoms. The number of amides is 1. The molecule has 1 saturated heterocycles. The van der Waals surface area contributed by atoms with Crippen LogP contribution in [0.3, 0.4) is 0 Å². The minimum absolute atomic E-state index is 0.140. The van der Waals surface area contributed by atoms with Crippen molar-refractivity contribution in [3.63, 3.8) is 0 Å². The van der Waals surface area contributed by atoms with Crippen LogP contribution in [0, 0.1) is 0 Å². The summed E-state index contributed by atoms with van der Waals surface area (Å²) in [6.07, 6.45) is 5.48. The minimum Gasteiger partial charge on any atom is -0.508 e. The van der Waals surface area contributed by atoms with Gasteiger partial charge in [0.15, 0.2) is 6.61 Å². The molecule has 1 fully saturated rings. The van der Waals surface area contributed by atoms with Gasteiger partial charge in [0.05, 0.1) is 16.8 Å². The van der Waals surface area contributed by atoms with Crippen LogP contribution in [-0.2, 0) is 16.0 Å². The zero-order chi connectivity index (χ0) is 22.1. The van der Waals surface area contributed by atoms with E-state index in [1.54, 1.807) is 17.0 Å². The van der Waals surface area contributed by atoms with Gasteiger partial charge in [-0.3, -0.25) is 4.79 Å². The van der Waals surface area contributed by atoms with Crippen molar-refractivity contribution in [2.24, 2.45) is 0 Å². The maximum absolute atomic E-state index is 13.2. The lowest BCUT2D eigenvalue weighted by Crippen LogP contribution is -2.32. The van der Waals surface area contributed by atoms with Crippen LogP contribution in [0.2, 0.25) is 0 Å².